The van der Waals surface area contributed by atoms with Crippen molar-refractivity contribution in [3.63, 3.8) is 0 Å². The molecule has 0 radical (unpaired) electrons. The van der Waals surface area contributed by atoms with Gasteiger partial charge in [-0.25, -0.2) is 0 Å². The van der Waals surface area contributed by atoms with Crippen molar-refractivity contribution in [3.05, 3.63) is 53.3 Å². The van der Waals surface area contributed by atoms with Crippen molar-refractivity contribution >= 4 is 0 Å². The number of nitrogens with zero attached hydrogens (tertiary/aromatic N) is 1. The third-order valence-corrected chi connectivity index (χ3v) is 4.21. The van der Waals surface area contributed by atoms with E-state index in [1.54, 1.807) is 7.11 Å². The summed E-state index contributed by atoms with van der Waals surface area (Å²) in [4.78, 5) is 0. The molecule has 2 rings (SSSR count). The molecule has 128 valence electrons. The van der Waals surface area contributed by atoms with E-state index in [0.717, 1.165) is 24.3 Å². The topological polar surface area (TPSA) is 60.4 Å². The van der Waals surface area contributed by atoms with Gasteiger partial charge in [-0.05, 0) is 55.5 Å². The van der Waals surface area contributed by atoms with E-state index in [2.05, 4.69) is 22.5 Å². The fraction of sp³-hybridized carbons (Fsp3) is 0.400. The van der Waals surface area contributed by atoms with Crippen molar-refractivity contribution in [1.82, 2.24) is 4.57 Å². The maximum Gasteiger partial charge on any atom is 0.118 e. The number of benzene rings is 1. The van der Waals surface area contributed by atoms with E-state index in [1.165, 1.54) is 11.3 Å². The van der Waals surface area contributed by atoms with E-state index < -0.39 is 5.54 Å². The van der Waals surface area contributed by atoms with Crippen LogP contribution in [0.5, 0.6) is 5.75 Å². The van der Waals surface area contributed by atoms with Gasteiger partial charge in [-0.15, -0.1) is 0 Å². The average Bonchev–Trinajstić information content (AvgIpc) is 2.94. The average molecular weight is 326 g/mol. The Bertz CT molecular complexity index is 718. The van der Waals surface area contributed by atoms with E-state index in [0.29, 0.717) is 6.42 Å². The monoisotopic (exact) mass is 326 g/mol. The molecule has 0 aliphatic carbocycles. The second-order valence-corrected chi connectivity index (χ2v) is 6.41. The van der Waals surface area contributed by atoms with Gasteiger partial charge in [0.05, 0.1) is 19.4 Å². The largest absolute Gasteiger partial charge is 0.497 e. The van der Waals surface area contributed by atoms with Crippen LogP contribution in [0.3, 0.4) is 0 Å². The molecule has 2 aromatic rings. The molecule has 4 nitrogen and oxygen atoms in total. The summed E-state index contributed by atoms with van der Waals surface area (Å²) in [5.41, 5.74) is 8.78. The molecule has 0 fully saturated rings. The first kappa shape index (κ1) is 18.1. The predicted molar refractivity (Wildman–Crippen MR) is 97.0 cm³/mol. The van der Waals surface area contributed by atoms with E-state index in [9.17, 15) is 5.11 Å². The molecule has 1 unspecified atom stereocenters. The van der Waals surface area contributed by atoms with E-state index >= 15 is 0 Å². The van der Waals surface area contributed by atoms with Crippen molar-refractivity contribution in [2.45, 2.75) is 31.7 Å². The smallest absolute Gasteiger partial charge is 0.118 e. The number of methoxy groups -OCH3 is 1. The zero-order valence-corrected chi connectivity index (χ0v) is 14.7. The molecule has 1 heterocycles. The lowest BCUT2D eigenvalue weighted by Gasteiger charge is -2.21. The number of aromatic nitrogens is 1. The van der Waals surface area contributed by atoms with Crippen LogP contribution in [0.4, 0.5) is 0 Å². The fourth-order valence-electron chi connectivity index (χ4n) is 2.40. The summed E-state index contributed by atoms with van der Waals surface area (Å²) in [7, 11) is 3.68. The molecule has 0 saturated heterocycles. The van der Waals surface area contributed by atoms with Gasteiger partial charge in [0.15, 0.2) is 0 Å². The molecular formula is C20H26N2O2. The lowest BCUT2D eigenvalue weighted by atomic mass is 9.97. The minimum atomic E-state index is -0.537. The van der Waals surface area contributed by atoms with Gasteiger partial charge < -0.3 is 20.1 Å². The highest BCUT2D eigenvalue weighted by Crippen LogP contribution is 2.14. The third-order valence-electron chi connectivity index (χ3n) is 4.21. The van der Waals surface area contributed by atoms with Crippen LogP contribution in [0.15, 0.2) is 36.4 Å². The maximum absolute atomic E-state index is 9.24. The van der Waals surface area contributed by atoms with Crippen molar-refractivity contribution in [1.29, 1.82) is 0 Å². The molecule has 4 heteroatoms. The Hall–Kier alpha value is -2.22. The maximum atomic E-state index is 9.24. The molecule has 3 N–H and O–H groups in total. The van der Waals surface area contributed by atoms with Gasteiger partial charge in [-0.3, -0.25) is 0 Å². The Morgan fingerprint density at radius 1 is 1.21 bits per heavy atom. The van der Waals surface area contributed by atoms with Crippen LogP contribution >= 0.6 is 0 Å². The molecule has 1 aromatic heterocycles. The number of hydrogen-bond donors (Lipinski definition) is 2. The van der Waals surface area contributed by atoms with Gasteiger partial charge in [-0.1, -0.05) is 18.1 Å². The van der Waals surface area contributed by atoms with Gasteiger partial charge in [0.2, 0.25) is 0 Å². The zero-order chi connectivity index (χ0) is 17.6. The summed E-state index contributed by atoms with van der Waals surface area (Å²) >= 11 is 0. The van der Waals surface area contributed by atoms with Crippen LogP contribution in [-0.2, 0) is 19.9 Å². The highest BCUT2D eigenvalue weighted by atomic mass is 16.5. The van der Waals surface area contributed by atoms with Crippen LogP contribution in [0.25, 0.3) is 0 Å². The highest BCUT2D eigenvalue weighted by molar-refractivity contribution is 5.35. The van der Waals surface area contributed by atoms with Gasteiger partial charge in [0.25, 0.3) is 0 Å². The Labute approximate surface area is 144 Å². The van der Waals surface area contributed by atoms with Gasteiger partial charge in [0.1, 0.15) is 5.75 Å². The van der Waals surface area contributed by atoms with Crippen LogP contribution in [-0.4, -0.2) is 28.9 Å². The van der Waals surface area contributed by atoms with Gasteiger partial charge >= 0.3 is 0 Å². The SMILES string of the molecule is COc1ccc(CC#Cc2ccc(CCC(C)(N)CO)n2C)cc1. The summed E-state index contributed by atoms with van der Waals surface area (Å²) in [5.74, 6) is 7.29. The van der Waals surface area contributed by atoms with Gasteiger partial charge in [0, 0.05) is 24.7 Å². The zero-order valence-electron chi connectivity index (χ0n) is 14.7. The Morgan fingerprint density at radius 3 is 2.54 bits per heavy atom. The van der Waals surface area contributed by atoms with Crippen LogP contribution < -0.4 is 10.5 Å². The molecule has 0 aliphatic rings. The lowest BCUT2D eigenvalue weighted by molar-refractivity contribution is 0.200. The van der Waals surface area contributed by atoms with Crippen molar-refractivity contribution in [2.24, 2.45) is 12.8 Å². The fourth-order valence-corrected chi connectivity index (χ4v) is 2.40. The summed E-state index contributed by atoms with van der Waals surface area (Å²) < 4.78 is 7.24. The lowest BCUT2D eigenvalue weighted by Crippen LogP contribution is -2.40. The molecule has 0 saturated carbocycles. The summed E-state index contributed by atoms with van der Waals surface area (Å²) in [6, 6.07) is 12.1. The number of ether oxygens (including phenoxy) is 1. The Balaban J connectivity index is 1.98. The van der Waals surface area contributed by atoms with Crippen LogP contribution in [0, 0.1) is 11.8 Å². The van der Waals surface area contributed by atoms with Crippen molar-refractivity contribution in [2.75, 3.05) is 13.7 Å². The molecule has 0 amide bonds. The van der Waals surface area contributed by atoms with Crippen molar-refractivity contribution < 1.29 is 9.84 Å². The number of aryl methyl sites for hydroxylation is 1. The van der Waals surface area contributed by atoms with Crippen LogP contribution in [0.1, 0.15) is 30.3 Å². The molecule has 0 bridgehead atoms. The third kappa shape index (κ3) is 4.89. The quantitative estimate of drug-likeness (QED) is 0.801. The minimum Gasteiger partial charge on any atom is -0.497 e. The number of aliphatic hydroxyl groups excluding tert-OH is 1. The predicted octanol–water partition coefficient (Wildman–Crippen LogP) is 2.27. The standard InChI is InChI=1S/C20H26N2O2/c1-20(21,15-23)14-13-18-10-9-17(22(18)2)6-4-5-16-7-11-19(24-3)12-8-16/h7-12,23H,5,13-15,21H2,1-3H3. The molecular weight excluding hydrogens is 300 g/mol. The van der Waals surface area contributed by atoms with E-state index in [1.807, 2.05) is 44.3 Å². The first-order valence-electron chi connectivity index (χ1n) is 8.11. The van der Waals surface area contributed by atoms with Gasteiger partial charge in [-0.2, -0.15) is 0 Å². The number of rotatable bonds is 6. The summed E-state index contributed by atoms with van der Waals surface area (Å²) in [6.45, 7) is 1.86. The highest BCUT2D eigenvalue weighted by Gasteiger charge is 2.17. The van der Waals surface area contributed by atoms with Crippen molar-refractivity contribution in [3.8, 4) is 17.6 Å². The summed E-state index contributed by atoms with van der Waals surface area (Å²) in [5, 5.41) is 9.24. The molecule has 0 spiro atoms. The molecule has 24 heavy (non-hydrogen) atoms. The summed E-state index contributed by atoms with van der Waals surface area (Å²) in [6.07, 6.45) is 2.26. The first-order chi connectivity index (χ1) is 11.4. The first-order valence-corrected chi connectivity index (χ1v) is 8.11. The van der Waals surface area contributed by atoms with E-state index in [-0.39, 0.29) is 6.61 Å². The molecule has 1 atom stereocenters. The number of aliphatic hydroxyl groups is 1. The Morgan fingerprint density at radius 2 is 1.92 bits per heavy atom. The van der Waals surface area contributed by atoms with Crippen LogP contribution in [0.2, 0.25) is 0 Å². The second-order valence-electron chi connectivity index (χ2n) is 6.41. The number of hydrogen-bond acceptors (Lipinski definition) is 3. The normalized spacial score (nSPS) is 13.0. The number of nitrogens with two attached hydrogens (primary N) is 1. The second kappa shape index (κ2) is 8.05. The minimum absolute atomic E-state index is 0.00799. The van der Waals surface area contributed by atoms with E-state index in [4.69, 9.17) is 10.5 Å². The Kier molecular flexibility index (Phi) is 6.08. The molecule has 0 aliphatic heterocycles. The molecule has 1 aromatic carbocycles.